The smallest absolute Gasteiger partial charge is 0.373 e. The quantitative estimate of drug-likeness (QED) is 0.0305. The minimum absolute atomic E-state index is 0.0980. The molecule has 21 nitrogen and oxygen atoms in total. The van der Waals surface area contributed by atoms with Gasteiger partial charge in [-0.15, -0.1) is 0 Å². The Morgan fingerprint density at radius 1 is 1.03 bits per heavy atom. The van der Waals surface area contributed by atoms with Crippen LogP contribution in [-0.4, -0.2) is 118 Å². The molecule has 6 atom stereocenters. The molecule has 3 rings (SSSR count). The van der Waals surface area contributed by atoms with Gasteiger partial charge in [0.1, 0.15) is 31.0 Å². The molecule has 0 bridgehead atoms. The molecule has 6 unspecified atom stereocenters. The Balaban J connectivity index is 1.38. The molecule has 1 saturated heterocycles. The number of carbonyl (C=O) groups is 3. The lowest BCUT2D eigenvalue weighted by Gasteiger charge is -2.42. The van der Waals surface area contributed by atoms with Gasteiger partial charge in [0.2, 0.25) is 29.2 Å². The molecule has 1 fully saturated rings. The van der Waals surface area contributed by atoms with E-state index in [4.69, 9.17) is 27.9 Å². The molecule has 0 aliphatic carbocycles. The number of ether oxygens (including phenoxy) is 4. The maximum Gasteiger partial charge on any atom is 0.373 e. The molecule has 0 radical (unpaired) electrons. The first kappa shape index (κ1) is 47.6. The highest BCUT2D eigenvalue weighted by Crippen LogP contribution is 2.48. The Labute approximate surface area is 333 Å². The van der Waals surface area contributed by atoms with Gasteiger partial charge in [-0.25, -0.2) is 13.9 Å². The molecule has 1 aliphatic rings. The number of H-pyrrole nitrogens is 1. The van der Waals surface area contributed by atoms with Gasteiger partial charge in [-0.3, -0.25) is 24.2 Å². The van der Waals surface area contributed by atoms with Crippen LogP contribution in [0, 0.1) is 0 Å². The number of aliphatic hydroxyl groups excluding tert-OH is 3. The first-order valence-electron chi connectivity index (χ1n) is 18.5. The standard InChI is InChI=1S/C36H54N5O16P/c1-21(2)54-20-25-31(57-58(5,50)51)32(52-4)34(55-25)41-18-23(33(48)40-36(41)49)13-14-27(45)38-16-10-7-6-9-15-37-26(44)12-8-11-17-53-35-28(39-22(3)43)30(47)29(46)24(19-42)56-35/h13-14,18,24,28-30,35,42,46-47H,1,6-12,15-17,19-20H2,2-5H3,(H,37,44)(H,38,45)(H,39,43)(H,50,51)(H,40,48,49)/b14-13+. The molecule has 2 aromatic rings. The van der Waals surface area contributed by atoms with Crippen molar-refractivity contribution in [3.8, 4) is 17.4 Å². The molecule has 22 heteroatoms. The number of unbranched alkanes of at least 4 members (excludes halogenated alkanes) is 4. The van der Waals surface area contributed by atoms with Crippen LogP contribution >= 0.6 is 7.60 Å². The zero-order valence-corrected chi connectivity index (χ0v) is 33.8. The van der Waals surface area contributed by atoms with Gasteiger partial charge in [0, 0.05) is 52.0 Å². The molecule has 8 N–H and O–H groups in total. The van der Waals surface area contributed by atoms with Crippen LogP contribution in [0.2, 0.25) is 0 Å². The molecular weight excluding hydrogens is 789 g/mol. The number of nitrogens with one attached hydrogen (secondary N) is 4. The van der Waals surface area contributed by atoms with Gasteiger partial charge in [0.05, 0.1) is 25.0 Å². The molecule has 3 amide bonds. The van der Waals surface area contributed by atoms with Crippen LogP contribution in [0.3, 0.4) is 0 Å². The van der Waals surface area contributed by atoms with Gasteiger partial charge in [0.15, 0.2) is 12.1 Å². The summed E-state index contributed by atoms with van der Waals surface area (Å²) in [5.41, 5.74) is -1.83. The second-order valence-corrected chi connectivity index (χ2v) is 15.2. The zero-order chi connectivity index (χ0) is 43.0. The van der Waals surface area contributed by atoms with E-state index in [1.807, 2.05) is 0 Å². The Morgan fingerprint density at radius 3 is 2.34 bits per heavy atom. The summed E-state index contributed by atoms with van der Waals surface area (Å²) >= 11 is 0. The lowest BCUT2D eigenvalue weighted by molar-refractivity contribution is -0.270. The van der Waals surface area contributed by atoms with E-state index in [1.54, 1.807) is 6.92 Å². The number of aromatic nitrogens is 2. The average molecular weight is 844 g/mol. The minimum atomic E-state index is -4.13. The molecule has 58 heavy (non-hydrogen) atoms. The number of hydrogen-bond donors (Lipinski definition) is 8. The fourth-order valence-electron chi connectivity index (χ4n) is 5.63. The predicted octanol–water partition coefficient (Wildman–Crippen LogP) is 0.308. The molecular formula is C36H54N5O16P. The first-order chi connectivity index (χ1) is 27.4. The lowest BCUT2D eigenvalue weighted by atomic mass is 9.97. The highest BCUT2D eigenvalue weighted by molar-refractivity contribution is 7.52. The number of aliphatic hydroxyl groups is 3. The molecule has 0 saturated carbocycles. The van der Waals surface area contributed by atoms with Crippen molar-refractivity contribution in [2.45, 2.75) is 96.0 Å². The van der Waals surface area contributed by atoms with Crippen LogP contribution < -0.4 is 36.5 Å². The van der Waals surface area contributed by atoms with E-state index in [9.17, 15) is 48.8 Å². The summed E-state index contributed by atoms with van der Waals surface area (Å²) in [6.07, 6.45) is 2.62. The van der Waals surface area contributed by atoms with E-state index < -0.39 is 67.9 Å². The van der Waals surface area contributed by atoms with Gasteiger partial charge < -0.3 is 64.1 Å². The maximum atomic E-state index is 12.8. The van der Waals surface area contributed by atoms with Crippen molar-refractivity contribution in [2.24, 2.45) is 0 Å². The van der Waals surface area contributed by atoms with Gasteiger partial charge in [-0.2, -0.15) is 0 Å². The Morgan fingerprint density at radius 2 is 1.72 bits per heavy atom. The summed E-state index contributed by atoms with van der Waals surface area (Å²) in [6.45, 7) is 7.50. The van der Waals surface area contributed by atoms with Crippen molar-refractivity contribution < 1.29 is 67.1 Å². The Bertz CT molecular complexity index is 1900. The van der Waals surface area contributed by atoms with Crippen molar-refractivity contribution >= 4 is 31.4 Å². The third kappa shape index (κ3) is 14.9. The number of allylic oxidation sites excluding steroid dienone is 1. The largest absolute Gasteiger partial charge is 0.491 e. The van der Waals surface area contributed by atoms with Crippen LogP contribution in [-0.2, 0) is 39.8 Å². The maximum absolute atomic E-state index is 12.8. The fourth-order valence-corrected chi connectivity index (χ4v) is 6.15. The summed E-state index contributed by atoms with van der Waals surface area (Å²) in [4.78, 5) is 73.6. The molecule has 0 aromatic carbocycles. The minimum Gasteiger partial charge on any atom is -0.491 e. The van der Waals surface area contributed by atoms with Crippen LogP contribution in [0.15, 0.2) is 38.6 Å². The number of carbonyl (C=O) groups excluding carboxylic acids is 3. The third-order valence-corrected chi connectivity index (χ3v) is 8.97. The van der Waals surface area contributed by atoms with E-state index in [1.165, 1.54) is 20.1 Å². The second-order valence-electron chi connectivity index (χ2n) is 13.4. The fraction of sp³-hybridized carbons (Fsp3) is 0.583. The summed E-state index contributed by atoms with van der Waals surface area (Å²) in [6, 6.07) is -1.03. The van der Waals surface area contributed by atoms with Crippen LogP contribution in [0.1, 0.15) is 70.1 Å². The number of nitrogens with zero attached hydrogens (tertiary/aromatic N) is 1. The summed E-state index contributed by atoms with van der Waals surface area (Å²) in [5, 5.41) is 37.9. The van der Waals surface area contributed by atoms with Gasteiger partial charge in [-0.1, -0.05) is 19.4 Å². The monoisotopic (exact) mass is 843 g/mol. The molecule has 2 aromatic heterocycles. The van der Waals surface area contributed by atoms with E-state index >= 15 is 0 Å². The average Bonchev–Trinajstić information content (AvgIpc) is 3.48. The lowest BCUT2D eigenvalue weighted by Crippen LogP contribution is -2.64. The van der Waals surface area contributed by atoms with Crippen molar-refractivity contribution in [3.63, 3.8) is 0 Å². The molecule has 324 valence electrons. The Hall–Kier alpha value is -4.76. The number of aromatic amines is 1. The van der Waals surface area contributed by atoms with Gasteiger partial charge in [0.25, 0.3) is 11.4 Å². The zero-order valence-electron chi connectivity index (χ0n) is 32.9. The van der Waals surface area contributed by atoms with E-state index in [-0.39, 0.29) is 54.2 Å². The summed E-state index contributed by atoms with van der Waals surface area (Å²) in [5.74, 6) is -1.69. The van der Waals surface area contributed by atoms with E-state index in [2.05, 4.69) is 27.5 Å². The normalized spacial score (nSPS) is 20.2. The van der Waals surface area contributed by atoms with Crippen molar-refractivity contribution in [1.29, 1.82) is 0 Å². The highest BCUT2D eigenvalue weighted by atomic mass is 31.2. The molecule has 0 spiro atoms. The predicted molar refractivity (Wildman–Crippen MR) is 206 cm³/mol. The van der Waals surface area contributed by atoms with E-state index in [0.29, 0.717) is 38.1 Å². The second kappa shape index (κ2) is 23.0. The van der Waals surface area contributed by atoms with Gasteiger partial charge in [-0.05, 0) is 38.7 Å². The van der Waals surface area contributed by atoms with E-state index in [0.717, 1.165) is 42.8 Å². The van der Waals surface area contributed by atoms with Crippen LogP contribution in [0.4, 0.5) is 0 Å². The first-order valence-corrected chi connectivity index (χ1v) is 20.6. The van der Waals surface area contributed by atoms with Crippen molar-refractivity contribution in [3.05, 3.63) is 56.8 Å². The van der Waals surface area contributed by atoms with Crippen LogP contribution in [0.25, 0.3) is 12.0 Å². The SMILES string of the molecule is C=C(C)OCc1oc(-n2cc(/C=C/C(=O)NCCCCCCNC(=O)CCCCOC3OC(CO)C(O)C(O)C3NC(C)=O)c(=O)[nH]c2=O)c(OC)c1OP(C)(=O)O. The van der Waals surface area contributed by atoms with Crippen molar-refractivity contribution in [2.75, 3.05) is 40.1 Å². The summed E-state index contributed by atoms with van der Waals surface area (Å²) < 4.78 is 45.7. The number of hydrogen-bond acceptors (Lipinski definition) is 15. The number of methoxy groups -OCH3 is 1. The Kier molecular flexibility index (Phi) is 18.9. The topological polar surface area (TPSA) is 299 Å². The van der Waals surface area contributed by atoms with Crippen molar-refractivity contribution in [1.82, 2.24) is 25.5 Å². The number of furan rings is 1. The molecule has 1 aliphatic heterocycles. The number of rotatable bonds is 24. The summed E-state index contributed by atoms with van der Waals surface area (Å²) in [7, 11) is -2.92. The molecule has 3 heterocycles. The van der Waals surface area contributed by atoms with Crippen LogP contribution in [0.5, 0.6) is 11.5 Å². The van der Waals surface area contributed by atoms with Gasteiger partial charge >= 0.3 is 13.3 Å². The third-order valence-electron chi connectivity index (χ3n) is 8.45. The number of amides is 3. The highest BCUT2D eigenvalue weighted by Gasteiger charge is 2.45.